The molecule has 5 heteroatoms. The molecule has 1 unspecified atom stereocenters. The van der Waals surface area contributed by atoms with Gasteiger partial charge in [0.25, 0.3) is 0 Å². The second-order valence-corrected chi connectivity index (χ2v) is 7.29. The molecule has 4 nitrogen and oxygen atoms in total. The second-order valence-electron chi connectivity index (χ2n) is 6.26. The van der Waals surface area contributed by atoms with Gasteiger partial charge in [-0.05, 0) is 42.8 Å². The highest BCUT2D eigenvalue weighted by Gasteiger charge is 2.22. The number of hydrogen-bond donors (Lipinski definition) is 0. The molecule has 0 bridgehead atoms. The van der Waals surface area contributed by atoms with Crippen LogP contribution in [-0.2, 0) is 11.3 Å². The highest BCUT2D eigenvalue weighted by molar-refractivity contribution is 7.09. The Labute approximate surface area is 146 Å². The van der Waals surface area contributed by atoms with Gasteiger partial charge in [0.05, 0.1) is 18.2 Å². The van der Waals surface area contributed by atoms with Gasteiger partial charge in [-0.1, -0.05) is 18.2 Å². The lowest BCUT2D eigenvalue weighted by Crippen LogP contribution is -2.32. The molecule has 1 fully saturated rings. The van der Waals surface area contributed by atoms with E-state index in [0.29, 0.717) is 6.10 Å². The summed E-state index contributed by atoms with van der Waals surface area (Å²) in [6.07, 6.45) is 4.25. The Morgan fingerprint density at radius 1 is 1.25 bits per heavy atom. The van der Waals surface area contributed by atoms with E-state index in [1.807, 2.05) is 0 Å². The van der Waals surface area contributed by atoms with Crippen LogP contribution >= 0.6 is 11.3 Å². The molecule has 0 amide bonds. The molecule has 1 saturated heterocycles. The van der Waals surface area contributed by atoms with Crippen molar-refractivity contribution in [3.63, 3.8) is 0 Å². The van der Waals surface area contributed by atoms with Crippen molar-refractivity contribution in [1.82, 2.24) is 9.97 Å². The highest BCUT2D eigenvalue weighted by Crippen LogP contribution is 2.29. The number of aryl methyl sites for hydroxylation is 1. The first-order valence-electron chi connectivity index (χ1n) is 8.40. The Balaban J connectivity index is 1.74. The molecule has 0 aliphatic carbocycles. The summed E-state index contributed by atoms with van der Waals surface area (Å²) in [7, 11) is 0. The predicted octanol–water partition coefficient (Wildman–Crippen LogP) is 4.19. The van der Waals surface area contributed by atoms with E-state index in [9.17, 15) is 0 Å². The molecule has 24 heavy (non-hydrogen) atoms. The summed E-state index contributed by atoms with van der Waals surface area (Å²) in [4.78, 5) is 12.8. The molecular weight excluding hydrogens is 318 g/mol. The first-order chi connectivity index (χ1) is 11.8. The van der Waals surface area contributed by atoms with Crippen molar-refractivity contribution in [3.05, 3.63) is 52.5 Å². The molecule has 1 aromatic carbocycles. The first-order valence-corrected chi connectivity index (χ1v) is 9.28. The van der Waals surface area contributed by atoms with Crippen molar-refractivity contribution >= 4 is 28.1 Å². The summed E-state index contributed by atoms with van der Waals surface area (Å²) in [6.45, 7) is 4.74. The second kappa shape index (κ2) is 6.87. The van der Waals surface area contributed by atoms with Gasteiger partial charge in [-0.2, -0.15) is 0 Å². The Bertz CT molecular complexity index is 807. The monoisotopic (exact) mass is 339 g/mol. The van der Waals surface area contributed by atoms with E-state index in [4.69, 9.17) is 4.74 Å². The van der Waals surface area contributed by atoms with Crippen LogP contribution in [0, 0.1) is 6.92 Å². The van der Waals surface area contributed by atoms with E-state index in [2.05, 4.69) is 57.5 Å². The van der Waals surface area contributed by atoms with Crippen LogP contribution in [0.5, 0.6) is 0 Å². The molecule has 3 heterocycles. The zero-order valence-electron chi connectivity index (χ0n) is 13.8. The number of aromatic nitrogens is 2. The minimum Gasteiger partial charge on any atom is -0.376 e. The maximum atomic E-state index is 5.88. The van der Waals surface area contributed by atoms with Gasteiger partial charge in [0.15, 0.2) is 0 Å². The van der Waals surface area contributed by atoms with Gasteiger partial charge >= 0.3 is 0 Å². The zero-order valence-corrected chi connectivity index (χ0v) is 14.6. The molecule has 1 aliphatic rings. The molecule has 4 rings (SSSR count). The zero-order chi connectivity index (χ0) is 16.4. The van der Waals surface area contributed by atoms with Gasteiger partial charge in [-0.15, -0.1) is 11.3 Å². The fourth-order valence-electron chi connectivity index (χ4n) is 3.35. The quantitative estimate of drug-likeness (QED) is 0.699. The fourth-order valence-corrected chi connectivity index (χ4v) is 4.07. The van der Waals surface area contributed by atoms with E-state index in [1.54, 1.807) is 17.7 Å². The fraction of sp³-hybridized carbons (Fsp3) is 0.368. The maximum Gasteiger partial charge on any atom is 0.140 e. The van der Waals surface area contributed by atoms with Crippen molar-refractivity contribution in [2.24, 2.45) is 0 Å². The van der Waals surface area contributed by atoms with Crippen LogP contribution < -0.4 is 4.90 Å². The standard InChI is InChI=1S/C19H21N3OS/c1-14-5-2-8-17-18(14)19(21-13-20-17)22(11-15-6-3-9-23-15)12-16-7-4-10-24-16/h2,4-5,7-8,10,13,15H,3,6,9,11-12H2,1H3. The summed E-state index contributed by atoms with van der Waals surface area (Å²) < 4.78 is 5.88. The Morgan fingerprint density at radius 2 is 2.21 bits per heavy atom. The van der Waals surface area contributed by atoms with Crippen LogP contribution in [0.3, 0.4) is 0 Å². The average Bonchev–Trinajstić information content (AvgIpc) is 3.28. The highest BCUT2D eigenvalue weighted by atomic mass is 32.1. The van der Waals surface area contributed by atoms with Gasteiger partial charge in [-0.3, -0.25) is 0 Å². The summed E-state index contributed by atoms with van der Waals surface area (Å²) in [5.74, 6) is 1.02. The lowest BCUT2D eigenvalue weighted by atomic mass is 10.1. The topological polar surface area (TPSA) is 38.2 Å². The summed E-state index contributed by atoms with van der Waals surface area (Å²) in [6, 6.07) is 10.5. The number of nitrogens with zero attached hydrogens (tertiary/aromatic N) is 3. The largest absolute Gasteiger partial charge is 0.376 e. The predicted molar refractivity (Wildman–Crippen MR) is 98.6 cm³/mol. The third-order valence-electron chi connectivity index (χ3n) is 4.53. The minimum absolute atomic E-state index is 0.291. The van der Waals surface area contributed by atoms with Crippen LogP contribution in [0.15, 0.2) is 42.0 Å². The van der Waals surface area contributed by atoms with Gasteiger partial charge in [0, 0.05) is 23.4 Å². The minimum atomic E-state index is 0.291. The summed E-state index contributed by atoms with van der Waals surface area (Å²) in [5.41, 5.74) is 2.22. The normalized spacial score (nSPS) is 17.5. The maximum absolute atomic E-state index is 5.88. The number of thiophene rings is 1. The van der Waals surface area contributed by atoms with E-state index >= 15 is 0 Å². The van der Waals surface area contributed by atoms with Crippen LogP contribution in [-0.4, -0.2) is 29.2 Å². The molecular formula is C19H21N3OS. The Morgan fingerprint density at radius 3 is 3.00 bits per heavy atom. The van der Waals surface area contributed by atoms with Gasteiger partial charge in [0.1, 0.15) is 12.1 Å². The van der Waals surface area contributed by atoms with Crippen molar-refractivity contribution in [2.75, 3.05) is 18.1 Å². The molecule has 0 radical (unpaired) electrons. The smallest absolute Gasteiger partial charge is 0.140 e. The average molecular weight is 339 g/mol. The third kappa shape index (κ3) is 3.14. The van der Waals surface area contributed by atoms with Crippen molar-refractivity contribution in [1.29, 1.82) is 0 Å². The van der Waals surface area contributed by atoms with Crippen molar-refractivity contribution < 1.29 is 4.74 Å². The molecule has 2 aromatic heterocycles. The van der Waals surface area contributed by atoms with Crippen LogP contribution in [0.2, 0.25) is 0 Å². The number of anilines is 1. The lowest BCUT2D eigenvalue weighted by molar-refractivity contribution is 0.115. The number of rotatable bonds is 5. The Hall–Kier alpha value is -1.98. The van der Waals surface area contributed by atoms with E-state index in [-0.39, 0.29) is 0 Å². The van der Waals surface area contributed by atoms with Crippen molar-refractivity contribution in [2.45, 2.75) is 32.4 Å². The van der Waals surface area contributed by atoms with Gasteiger partial charge in [-0.25, -0.2) is 9.97 Å². The molecule has 124 valence electrons. The number of hydrogen-bond acceptors (Lipinski definition) is 5. The Kier molecular flexibility index (Phi) is 4.45. The third-order valence-corrected chi connectivity index (χ3v) is 5.39. The number of fused-ring (bicyclic) bond motifs is 1. The molecule has 1 aliphatic heterocycles. The molecule has 0 spiro atoms. The first kappa shape index (κ1) is 15.5. The molecule has 1 atom stereocenters. The van der Waals surface area contributed by atoms with E-state index in [1.165, 1.54) is 10.4 Å². The van der Waals surface area contributed by atoms with Crippen LogP contribution in [0.25, 0.3) is 10.9 Å². The van der Waals surface area contributed by atoms with Crippen LogP contribution in [0.4, 0.5) is 5.82 Å². The summed E-state index contributed by atoms with van der Waals surface area (Å²) >= 11 is 1.79. The van der Waals surface area contributed by atoms with E-state index in [0.717, 1.165) is 49.3 Å². The number of benzene rings is 1. The van der Waals surface area contributed by atoms with Crippen LogP contribution in [0.1, 0.15) is 23.3 Å². The lowest BCUT2D eigenvalue weighted by Gasteiger charge is -2.27. The van der Waals surface area contributed by atoms with Gasteiger partial charge < -0.3 is 9.64 Å². The van der Waals surface area contributed by atoms with Gasteiger partial charge in [0.2, 0.25) is 0 Å². The molecule has 0 saturated carbocycles. The molecule has 0 N–H and O–H groups in total. The molecule has 3 aromatic rings. The van der Waals surface area contributed by atoms with E-state index < -0.39 is 0 Å². The SMILES string of the molecule is Cc1cccc2ncnc(N(Cc3cccs3)CC3CCCO3)c12. The number of ether oxygens (including phenoxy) is 1. The summed E-state index contributed by atoms with van der Waals surface area (Å²) in [5, 5.41) is 3.28. The van der Waals surface area contributed by atoms with Crippen molar-refractivity contribution in [3.8, 4) is 0 Å².